The Labute approximate surface area is 120 Å². The summed E-state index contributed by atoms with van der Waals surface area (Å²) in [5.41, 5.74) is 0.200. The van der Waals surface area contributed by atoms with Gasteiger partial charge in [-0.2, -0.15) is 0 Å². The van der Waals surface area contributed by atoms with Crippen molar-refractivity contribution >= 4 is 11.9 Å². The van der Waals surface area contributed by atoms with Crippen LogP contribution in [0.25, 0.3) is 5.82 Å². The first kappa shape index (κ1) is 14.7. The topological polar surface area (TPSA) is 117 Å². The van der Waals surface area contributed by atoms with Crippen LogP contribution in [-0.4, -0.2) is 48.8 Å². The minimum Gasteiger partial charge on any atom is -0.480 e. The Hall–Kier alpha value is -2.74. The number of carboxylic acids is 1. The van der Waals surface area contributed by atoms with Crippen molar-refractivity contribution in [3.63, 3.8) is 0 Å². The van der Waals surface area contributed by atoms with E-state index in [0.29, 0.717) is 5.82 Å². The number of nitrogens with zero attached hydrogens (tertiary/aromatic N) is 3. The summed E-state index contributed by atoms with van der Waals surface area (Å²) in [5.74, 6) is -1.34. The molecule has 0 bridgehead atoms. The molecule has 0 aliphatic rings. The lowest BCUT2D eigenvalue weighted by Crippen LogP contribution is -2.47. The Kier molecular flexibility index (Phi) is 4.29. The highest BCUT2D eigenvalue weighted by Crippen LogP contribution is 2.06. The zero-order valence-electron chi connectivity index (χ0n) is 11.2. The van der Waals surface area contributed by atoms with Gasteiger partial charge in [0, 0.05) is 18.6 Å². The number of amides is 1. The third-order valence-electron chi connectivity index (χ3n) is 2.81. The van der Waals surface area contributed by atoms with E-state index in [1.807, 2.05) is 0 Å². The Bertz CT molecular complexity index is 622. The molecule has 0 fully saturated rings. The van der Waals surface area contributed by atoms with E-state index < -0.39 is 24.0 Å². The van der Waals surface area contributed by atoms with Crippen LogP contribution in [0.1, 0.15) is 17.3 Å². The number of nitrogens with one attached hydrogen (secondary N) is 1. The van der Waals surface area contributed by atoms with Crippen molar-refractivity contribution in [3.8, 4) is 5.82 Å². The number of aromatic nitrogens is 3. The highest BCUT2D eigenvalue weighted by Gasteiger charge is 2.25. The summed E-state index contributed by atoms with van der Waals surface area (Å²) in [5, 5.41) is 20.5. The molecular formula is C13H14N4O4. The van der Waals surface area contributed by atoms with E-state index in [4.69, 9.17) is 5.11 Å². The smallest absolute Gasteiger partial charge is 0.328 e. The van der Waals surface area contributed by atoms with E-state index in [0.717, 1.165) is 0 Å². The van der Waals surface area contributed by atoms with Crippen molar-refractivity contribution < 1.29 is 19.8 Å². The summed E-state index contributed by atoms with van der Waals surface area (Å²) >= 11 is 0. The van der Waals surface area contributed by atoms with Gasteiger partial charge in [0.25, 0.3) is 5.91 Å². The van der Waals surface area contributed by atoms with Crippen LogP contribution in [0, 0.1) is 0 Å². The van der Waals surface area contributed by atoms with E-state index >= 15 is 0 Å². The van der Waals surface area contributed by atoms with Gasteiger partial charge >= 0.3 is 5.97 Å². The van der Waals surface area contributed by atoms with Gasteiger partial charge in [-0.1, -0.05) is 0 Å². The van der Waals surface area contributed by atoms with Gasteiger partial charge in [0.15, 0.2) is 6.04 Å². The molecule has 2 aromatic heterocycles. The third-order valence-corrected chi connectivity index (χ3v) is 2.81. The van der Waals surface area contributed by atoms with E-state index in [2.05, 4.69) is 15.3 Å². The Morgan fingerprint density at radius 2 is 2.14 bits per heavy atom. The fourth-order valence-electron chi connectivity index (χ4n) is 1.68. The number of hydrogen-bond acceptors (Lipinski definition) is 5. The third kappa shape index (κ3) is 3.42. The van der Waals surface area contributed by atoms with Crippen molar-refractivity contribution in [2.75, 3.05) is 0 Å². The van der Waals surface area contributed by atoms with Gasteiger partial charge in [-0.05, 0) is 19.1 Å². The van der Waals surface area contributed by atoms with Gasteiger partial charge in [-0.3, -0.25) is 9.36 Å². The molecule has 0 aliphatic carbocycles. The minimum atomic E-state index is -1.37. The zero-order chi connectivity index (χ0) is 15.4. The van der Waals surface area contributed by atoms with Gasteiger partial charge in [-0.25, -0.2) is 14.8 Å². The molecule has 0 aliphatic heterocycles. The van der Waals surface area contributed by atoms with Crippen molar-refractivity contribution in [3.05, 3.63) is 42.6 Å². The number of carbonyl (C=O) groups is 2. The second-order valence-electron chi connectivity index (χ2n) is 4.41. The number of aliphatic hydroxyl groups excluding tert-OH is 1. The summed E-state index contributed by atoms with van der Waals surface area (Å²) in [6.45, 7) is 1.29. The summed E-state index contributed by atoms with van der Waals surface area (Å²) in [6.07, 6.45) is 4.99. The van der Waals surface area contributed by atoms with Gasteiger partial charge in [0.05, 0.1) is 11.7 Å². The molecule has 2 heterocycles. The SMILES string of the molecule is C[C@@H](O)[C@H](NC(=O)c1ccc(-n2ccnc2)nc1)C(=O)O. The van der Waals surface area contributed by atoms with E-state index in [1.165, 1.54) is 19.2 Å². The number of rotatable bonds is 5. The van der Waals surface area contributed by atoms with Crippen molar-refractivity contribution in [1.29, 1.82) is 0 Å². The van der Waals surface area contributed by atoms with Crippen molar-refractivity contribution in [1.82, 2.24) is 19.9 Å². The molecule has 0 radical (unpaired) electrons. The van der Waals surface area contributed by atoms with Crippen LogP contribution in [-0.2, 0) is 4.79 Å². The minimum absolute atomic E-state index is 0.200. The van der Waals surface area contributed by atoms with Crippen LogP contribution in [0.2, 0.25) is 0 Å². The maximum Gasteiger partial charge on any atom is 0.328 e. The maximum absolute atomic E-state index is 11.9. The summed E-state index contributed by atoms with van der Waals surface area (Å²) in [7, 11) is 0. The number of imidazole rings is 1. The number of carbonyl (C=O) groups excluding carboxylic acids is 1. The number of carboxylic acid groups (broad SMARTS) is 1. The van der Waals surface area contributed by atoms with Crippen LogP contribution in [0.15, 0.2) is 37.1 Å². The average molecular weight is 290 g/mol. The second kappa shape index (κ2) is 6.14. The molecule has 8 nitrogen and oxygen atoms in total. The molecule has 1 amide bonds. The van der Waals surface area contributed by atoms with Gasteiger partial charge in [0.1, 0.15) is 12.1 Å². The van der Waals surface area contributed by atoms with Crippen LogP contribution in [0.4, 0.5) is 0 Å². The van der Waals surface area contributed by atoms with E-state index in [-0.39, 0.29) is 5.56 Å². The maximum atomic E-state index is 11.9. The van der Waals surface area contributed by atoms with Gasteiger partial charge < -0.3 is 15.5 Å². The van der Waals surface area contributed by atoms with Gasteiger partial charge in [0.2, 0.25) is 0 Å². The number of aliphatic carboxylic acids is 1. The van der Waals surface area contributed by atoms with Crippen molar-refractivity contribution in [2.24, 2.45) is 0 Å². The monoisotopic (exact) mass is 290 g/mol. The largest absolute Gasteiger partial charge is 0.480 e. The standard InChI is InChI=1S/C13H14N4O4/c1-8(18)11(13(20)21)16-12(19)9-2-3-10(15-6-9)17-5-4-14-7-17/h2-8,11,18H,1H3,(H,16,19)(H,20,21)/t8-,11+/m1/s1. The highest BCUT2D eigenvalue weighted by atomic mass is 16.4. The molecule has 21 heavy (non-hydrogen) atoms. The molecule has 2 rings (SSSR count). The first-order valence-corrected chi connectivity index (χ1v) is 6.15. The van der Waals surface area contributed by atoms with Crippen molar-refractivity contribution in [2.45, 2.75) is 19.1 Å². The molecule has 0 saturated heterocycles. The molecule has 0 aromatic carbocycles. The van der Waals surface area contributed by atoms with Crippen LogP contribution < -0.4 is 5.32 Å². The lowest BCUT2D eigenvalue weighted by molar-refractivity contribution is -0.141. The summed E-state index contributed by atoms with van der Waals surface area (Å²) in [6, 6.07) is 1.75. The second-order valence-corrected chi connectivity index (χ2v) is 4.41. The van der Waals surface area contributed by atoms with Crippen LogP contribution in [0.5, 0.6) is 0 Å². The predicted molar refractivity (Wildman–Crippen MR) is 71.9 cm³/mol. The Morgan fingerprint density at radius 1 is 1.38 bits per heavy atom. The molecule has 8 heteroatoms. The number of hydrogen-bond donors (Lipinski definition) is 3. The molecule has 2 aromatic rings. The molecular weight excluding hydrogens is 276 g/mol. The lowest BCUT2D eigenvalue weighted by Gasteiger charge is -2.16. The molecule has 0 saturated carbocycles. The Balaban J connectivity index is 2.11. The van der Waals surface area contributed by atoms with E-state index in [1.54, 1.807) is 29.4 Å². The predicted octanol–water partition coefficient (Wildman–Crippen LogP) is -0.169. The number of aliphatic hydroxyl groups is 1. The first-order valence-electron chi connectivity index (χ1n) is 6.15. The highest BCUT2D eigenvalue weighted by molar-refractivity contribution is 5.96. The first-order chi connectivity index (χ1) is 9.99. The molecule has 0 unspecified atom stereocenters. The fraction of sp³-hybridized carbons (Fsp3) is 0.231. The Morgan fingerprint density at radius 3 is 2.62 bits per heavy atom. The normalized spacial score (nSPS) is 13.4. The molecule has 2 atom stereocenters. The van der Waals surface area contributed by atoms with Crippen LogP contribution >= 0.6 is 0 Å². The quantitative estimate of drug-likeness (QED) is 0.704. The summed E-state index contributed by atoms with van der Waals surface area (Å²) < 4.78 is 1.66. The zero-order valence-corrected chi connectivity index (χ0v) is 11.2. The molecule has 0 spiro atoms. The lowest BCUT2D eigenvalue weighted by atomic mass is 10.1. The van der Waals surface area contributed by atoms with E-state index in [9.17, 15) is 14.7 Å². The van der Waals surface area contributed by atoms with Gasteiger partial charge in [-0.15, -0.1) is 0 Å². The fourth-order valence-corrected chi connectivity index (χ4v) is 1.68. The number of pyridine rings is 1. The average Bonchev–Trinajstić information content (AvgIpc) is 2.98. The molecule has 110 valence electrons. The summed E-state index contributed by atoms with van der Waals surface area (Å²) in [4.78, 5) is 30.8. The van der Waals surface area contributed by atoms with Crippen LogP contribution in [0.3, 0.4) is 0 Å². The molecule has 3 N–H and O–H groups in total.